The molecule has 1 saturated heterocycles. The third kappa shape index (κ3) is 5.10. The highest BCUT2D eigenvalue weighted by Gasteiger charge is 2.31. The standard InChI is InChI=1S/C27H24ClN3O5S/c1-17-20(27(28)31(30-17)19-13-14-37(34,35)16-19)11-12-24(33)36-15-23(32)25-21-9-5-6-10-22(21)29-26(25)18-7-3-2-4-8-18/h2-12,19,29H,13-16H2,1H3/b12-11+. The van der Waals surface area contributed by atoms with Gasteiger partial charge in [0.25, 0.3) is 0 Å². The van der Waals surface area contributed by atoms with E-state index >= 15 is 0 Å². The molecule has 10 heteroatoms. The Morgan fingerprint density at radius 1 is 1.16 bits per heavy atom. The Kier molecular flexibility index (Phi) is 6.74. The molecule has 1 N–H and O–H groups in total. The van der Waals surface area contributed by atoms with Gasteiger partial charge in [-0.3, -0.25) is 4.79 Å². The average molecular weight is 538 g/mol. The molecule has 2 aromatic carbocycles. The highest BCUT2D eigenvalue weighted by Crippen LogP contribution is 2.32. The van der Waals surface area contributed by atoms with Crippen LogP contribution in [0.4, 0.5) is 0 Å². The molecule has 1 unspecified atom stereocenters. The van der Waals surface area contributed by atoms with Gasteiger partial charge in [-0.15, -0.1) is 0 Å². The third-order valence-electron chi connectivity index (χ3n) is 6.40. The highest BCUT2D eigenvalue weighted by molar-refractivity contribution is 7.91. The molecule has 1 fully saturated rings. The number of fused-ring (bicyclic) bond motifs is 1. The molecule has 5 rings (SSSR count). The van der Waals surface area contributed by atoms with Crippen LogP contribution in [0.2, 0.25) is 5.15 Å². The zero-order valence-electron chi connectivity index (χ0n) is 20.0. The van der Waals surface area contributed by atoms with Crippen molar-refractivity contribution in [3.8, 4) is 11.3 Å². The molecule has 1 atom stereocenters. The number of aromatic amines is 1. The van der Waals surface area contributed by atoms with E-state index in [4.69, 9.17) is 16.3 Å². The maximum Gasteiger partial charge on any atom is 0.331 e. The molecule has 0 saturated carbocycles. The fourth-order valence-electron chi connectivity index (χ4n) is 4.59. The number of para-hydroxylation sites is 1. The van der Waals surface area contributed by atoms with Gasteiger partial charge in [0, 0.05) is 22.5 Å². The number of nitrogens with zero attached hydrogens (tertiary/aromatic N) is 2. The van der Waals surface area contributed by atoms with Crippen molar-refractivity contribution in [1.29, 1.82) is 0 Å². The van der Waals surface area contributed by atoms with Crippen LogP contribution in [0.5, 0.6) is 0 Å². The number of rotatable bonds is 7. The topological polar surface area (TPSA) is 111 Å². The Balaban J connectivity index is 1.31. The molecule has 4 aromatic rings. The number of benzene rings is 2. The van der Waals surface area contributed by atoms with E-state index in [1.165, 1.54) is 16.8 Å². The second-order valence-electron chi connectivity index (χ2n) is 8.94. The molecular weight excluding hydrogens is 514 g/mol. The van der Waals surface area contributed by atoms with Crippen molar-refractivity contribution in [3.05, 3.63) is 82.6 Å². The Morgan fingerprint density at radius 3 is 2.62 bits per heavy atom. The first kappa shape index (κ1) is 25.0. The maximum absolute atomic E-state index is 13.2. The van der Waals surface area contributed by atoms with Gasteiger partial charge in [0.05, 0.1) is 34.5 Å². The number of Topliss-reactive ketones (excluding diaryl/α,β-unsaturated/α-hetero) is 1. The molecule has 190 valence electrons. The van der Waals surface area contributed by atoms with Gasteiger partial charge < -0.3 is 9.72 Å². The number of nitrogens with one attached hydrogen (secondary N) is 1. The van der Waals surface area contributed by atoms with Crippen LogP contribution in [0.3, 0.4) is 0 Å². The van der Waals surface area contributed by atoms with Crippen molar-refractivity contribution in [2.24, 2.45) is 0 Å². The Bertz CT molecular complexity index is 1640. The normalized spacial score (nSPS) is 17.0. The van der Waals surface area contributed by atoms with E-state index < -0.39 is 22.4 Å². The first-order valence-electron chi connectivity index (χ1n) is 11.7. The third-order valence-corrected chi connectivity index (χ3v) is 8.53. The summed E-state index contributed by atoms with van der Waals surface area (Å²) in [5.74, 6) is -0.954. The van der Waals surface area contributed by atoms with Crippen molar-refractivity contribution >= 4 is 50.2 Å². The number of carbonyl (C=O) groups excluding carboxylic acids is 2. The number of hydrogen-bond acceptors (Lipinski definition) is 6. The van der Waals surface area contributed by atoms with E-state index in [0.29, 0.717) is 28.9 Å². The summed E-state index contributed by atoms with van der Waals surface area (Å²) in [7, 11) is -3.10. The van der Waals surface area contributed by atoms with Crippen LogP contribution < -0.4 is 0 Å². The smallest absolute Gasteiger partial charge is 0.331 e. The van der Waals surface area contributed by atoms with Crippen molar-refractivity contribution in [2.45, 2.75) is 19.4 Å². The number of carbonyl (C=O) groups is 2. The Hall–Kier alpha value is -3.69. The predicted octanol–water partition coefficient (Wildman–Crippen LogP) is 4.79. The van der Waals surface area contributed by atoms with Crippen LogP contribution in [0.25, 0.3) is 28.2 Å². The summed E-state index contributed by atoms with van der Waals surface area (Å²) >= 11 is 6.46. The lowest BCUT2D eigenvalue weighted by Crippen LogP contribution is -2.13. The first-order chi connectivity index (χ1) is 17.7. The van der Waals surface area contributed by atoms with Crippen LogP contribution >= 0.6 is 11.6 Å². The molecule has 3 heterocycles. The van der Waals surface area contributed by atoms with E-state index in [0.717, 1.165) is 16.5 Å². The Labute approximate surface area is 218 Å². The lowest BCUT2D eigenvalue weighted by atomic mass is 10.0. The first-order valence-corrected chi connectivity index (χ1v) is 13.9. The van der Waals surface area contributed by atoms with Crippen LogP contribution in [-0.2, 0) is 19.4 Å². The van der Waals surface area contributed by atoms with Gasteiger partial charge in [-0.2, -0.15) is 5.10 Å². The molecule has 0 aliphatic carbocycles. The number of esters is 1. The van der Waals surface area contributed by atoms with Crippen LogP contribution in [-0.4, -0.2) is 53.0 Å². The number of H-pyrrole nitrogens is 1. The summed E-state index contributed by atoms with van der Waals surface area (Å²) in [5.41, 5.74) is 3.85. The minimum atomic E-state index is -3.10. The number of sulfone groups is 1. The molecule has 0 amide bonds. The summed E-state index contributed by atoms with van der Waals surface area (Å²) in [6.07, 6.45) is 3.10. The fourth-order valence-corrected chi connectivity index (χ4v) is 6.66. The monoisotopic (exact) mass is 537 g/mol. The summed E-state index contributed by atoms with van der Waals surface area (Å²) in [4.78, 5) is 29.0. The number of aryl methyl sites for hydroxylation is 1. The van der Waals surface area contributed by atoms with Crippen LogP contribution in [0.15, 0.2) is 60.7 Å². The van der Waals surface area contributed by atoms with Crippen molar-refractivity contribution in [3.63, 3.8) is 0 Å². The van der Waals surface area contributed by atoms with Gasteiger partial charge in [0.15, 0.2) is 16.4 Å². The Morgan fingerprint density at radius 2 is 1.89 bits per heavy atom. The molecule has 0 spiro atoms. The quantitative estimate of drug-likeness (QED) is 0.206. The van der Waals surface area contributed by atoms with Crippen molar-refractivity contribution < 1.29 is 22.7 Å². The summed E-state index contributed by atoms with van der Waals surface area (Å²) in [6.45, 7) is 1.29. The minimum Gasteiger partial charge on any atom is -0.454 e. The lowest BCUT2D eigenvalue weighted by Gasteiger charge is -2.09. The average Bonchev–Trinajstić information content (AvgIpc) is 3.54. The number of hydrogen-bond donors (Lipinski definition) is 1. The van der Waals surface area contributed by atoms with E-state index in [1.54, 1.807) is 6.92 Å². The number of ether oxygens (including phenoxy) is 1. The van der Waals surface area contributed by atoms with Gasteiger partial charge in [-0.05, 0) is 31.1 Å². The van der Waals surface area contributed by atoms with Gasteiger partial charge >= 0.3 is 5.97 Å². The number of aromatic nitrogens is 3. The van der Waals surface area contributed by atoms with E-state index in [1.807, 2.05) is 54.6 Å². The SMILES string of the molecule is Cc1nn(C2CCS(=O)(=O)C2)c(Cl)c1/C=C/C(=O)OCC(=O)c1c(-c2ccccc2)[nH]c2ccccc12. The van der Waals surface area contributed by atoms with Gasteiger partial charge in [-0.1, -0.05) is 60.1 Å². The van der Waals surface area contributed by atoms with Crippen molar-refractivity contribution in [2.75, 3.05) is 18.1 Å². The number of halogens is 1. The maximum atomic E-state index is 13.2. The van der Waals surface area contributed by atoms with Gasteiger partial charge in [-0.25, -0.2) is 17.9 Å². The second-order valence-corrected chi connectivity index (χ2v) is 11.5. The molecule has 8 nitrogen and oxygen atoms in total. The summed E-state index contributed by atoms with van der Waals surface area (Å²) < 4.78 is 30.4. The fraction of sp³-hybridized carbons (Fsp3) is 0.222. The van der Waals surface area contributed by atoms with Gasteiger partial charge in [0.1, 0.15) is 5.15 Å². The van der Waals surface area contributed by atoms with Crippen LogP contribution in [0, 0.1) is 6.92 Å². The largest absolute Gasteiger partial charge is 0.454 e. The predicted molar refractivity (Wildman–Crippen MR) is 142 cm³/mol. The van der Waals surface area contributed by atoms with Crippen molar-refractivity contribution in [1.82, 2.24) is 14.8 Å². The lowest BCUT2D eigenvalue weighted by molar-refractivity contribution is -0.136. The molecule has 1 aliphatic heterocycles. The molecule has 37 heavy (non-hydrogen) atoms. The van der Waals surface area contributed by atoms with E-state index in [9.17, 15) is 18.0 Å². The zero-order chi connectivity index (χ0) is 26.2. The van der Waals surface area contributed by atoms with Crippen LogP contribution in [0.1, 0.15) is 34.1 Å². The van der Waals surface area contributed by atoms with Gasteiger partial charge in [0.2, 0.25) is 5.78 Å². The number of ketones is 1. The zero-order valence-corrected chi connectivity index (χ0v) is 21.6. The molecule has 0 radical (unpaired) electrons. The van der Waals surface area contributed by atoms with E-state index in [2.05, 4.69) is 10.1 Å². The molecule has 0 bridgehead atoms. The molecule has 2 aromatic heterocycles. The molecule has 1 aliphatic rings. The second kappa shape index (κ2) is 9.99. The summed E-state index contributed by atoms with van der Waals surface area (Å²) in [6, 6.07) is 16.6. The minimum absolute atomic E-state index is 0.0139. The highest BCUT2D eigenvalue weighted by atomic mass is 35.5. The van der Waals surface area contributed by atoms with E-state index in [-0.39, 0.29) is 28.5 Å². The summed E-state index contributed by atoms with van der Waals surface area (Å²) in [5, 5.41) is 5.38. The molecular formula is C27H24ClN3O5S.